The molecule has 3 aromatic heterocycles. The van der Waals surface area contributed by atoms with Crippen molar-refractivity contribution in [1.82, 2.24) is 19.4 Å². The molecule has 2 aliphatic rings. The van der Waals surface area contributed by atoms with Crippen LogP contribution in [0.1, 0.15) is 46.4 Å². The number of ether oxygens (including phenoxy) is 1. The first kappa shape index (κ1) is 30.0. The van der Waals surface area contributed by atoms with Gasteiger partial charge in [0.05, 0.1) is 41.9 Å². The maximum atomic E-state index is 11.3. The van der Waals surface area contributed by atoms with Crippen molar-refractivity contribution < 1.29 is 37.7 Å². The quantitative estimate of drug-likeness (QED) is 0.252. The molecule has 5 aromatic rings. The van der Waals surface area contributed by atoms with Gasteiger partial charge in [-0.15, -0.1) is 0 Å². The highest BCUT2D eigenvalue weighted by Crippen LogP contribution is 2.47. The molecule has 4 heterocycles. The molecule has 0 amide bonds. The number of rotatable bonds is 5. The Morgan fingerprint density at radius 3 is 2.20 bits per heavy atom. The zero-order valence-corrected chi connectivity index (χ0v) is 23.8. The van der Waals surface area contributed by atoms with Crippen LogP contribution in [0.2, 0.25) is 0 Å². The number of benzene rings is 2. The molecule has 7 rings (SSSR count). The molecule has 1 aliphatic heterocycles. The fraction of sp³-hybridized carbons (Fsp3) is 0.281. The molecule has 0 bridgehead atoms. The average Bonchev–Trinajstić information content (AvgIpc) is 3.45. The topological polar surface area (TPSA) is 130 Å². The number of imidazole rings is 1. The highest BCUT2D eigenvalue weighted by Gasteiger charge is 2.38. The highest BCUT2D eigenvalue weighted by molar-refractivity contribution is 5.88. The third-order valence-corrected chi connectivity index (χ3v) is 8.07. The lowest BCUT2D eigenvalue weighted by molar-refractivity contribution is -0.192. The van der Waals surface area contributed by atoms with Crippen LogP contribution in [-0.2, 0) is 9.53 Å². The van der Waals surface area contributed by atoms with Crippen LogP contribution in [0.5, 0.6) is 0 Å². The van der Waals surface area contributed by atoms with Gasteiger partial charge in [-0.3, -0.25) is 9.38 Å². The SMILES string of the molecule is O=C(O)C(F)(F)F.O=C(O)c1ccc(-c2cnc(N3CCOCC3)c3nc(C4CC(c5ccc6ccccc6n5)C4)cn23)cc1. The van der Waals surface area contributed by atoms with Gasteiger partial charge in [0.15, 0.2) is 11.5 Å². The predicted molar refractivity (Wildman–Crippen MR) is 159 cm³/mol. The lowest BCUT2D eigenvalue weighted by atomic mass is 9.71. The maximum Gasteiger partial charge on any atom is 0.490 e. The van der Waals surface area contributed by atoms with E-state index in [1.54, 1.807) is 12.1 Å². The highest BCUT2D eigenvalue weighted by atomic mass is 19.4. The van der Waals surface area contributed by atoms with Crippen LogP contribution in [0.3, 0.4) is 0 Å². The Kier molecular flexibility index (Phi) is 8.11. The zero-order chi connectivity index (χ0) is 31.7. The number of fused-ring (bicyclic) bond motifs is 2. The Hall–Kier alpha value is -5.04. The first-order valence-electron chi connectivity index (χ1n) is 14.3. The van der Waals surface area contributed by atoms with Gasteiger partial charge in [-0.2, -0.15) is 13.2 Å². The van der Waals surface area contributed by atoms with Gasteiger partial charge in [0.25, 0.3) is 0 Å². The Labute approximate surface area is 254 Å². The van der Waals surface area contributed by atoms with E-state index in [1.807, 2.05) is 30.5 Å². The van der Waals surface area contributed by atoms with Gasteiger partial charge in [-0.25, -0.2) is 19.6 Å². The first-order valence-corrected chi connectivity index (χ1v) is 14.3. The maximum absolute atomic E-state index is 11.3. The van der Waals surface area contributed by atoms with E-state index < -0.39 is 18.1 Å². The molecule has 1 aliphatic carbocycles. The van der Waals surface area contributed by atoms with E-state index in [1.165, 1.54) is 5.39 Å². The second kappa shape index (κ2) is 12.2. The summed E-state index contributed by atoms with van der Waals surface area (Å²) in [4.78, 5) is 37.3. The molecule has 0 radical (unpaired) electrons. The number of nitrogens with zero attached hydrogens (tertiary/aromatic N) is 5. The van der Waals surface area contributed by atoms with E-state index in [4.69, 9.17) is 29.6 Å². The van der Waals surface area contributed by atoms with Crippen molar-refractivity contribution in [1.29, 1.82) is 0 Å². The van der Waals surface area contributed by atoms with Gasteiger partial charge >= 0.3 is 18.1 Å². The van der Waals surface area contributed by atoms with E-state index in [0.29, 0.717) is 25.0 Å². The summed E-state index contributed by atoms with van der Waals surface area (Å²) in [5.41, 5.74) is 6.13. The van der Waals surface area contributed by atoms with E-state index >= 15 is 0 Å². The smallest absolute Gasteiger partial charge is 0.478 e. The van der Waals surface area contributed by atoms with Crippen LogP contribution in [0.15, 0.2) is 73.1 Å². The van der Waals surface area contributed by atoms with Gasteiger partial charge in [-0.1, -0.05) is 36.4 Å². The number of aromatic carboxylic acids is 1. The Morgan fingerprint density at radius 1 is 0.867 bits per heavy atom. The Balaban J connectivity index is 0.000000460. The van der Waals surface area contributed by atoms with E-state index in [0.717, 1.165) is 65.6 Å². The summed E-state index contributed by atoms with van der Waals surface area (Å²) in [5, 5.41) is 17.6. The minimum Gasteiger partial charge on any atom is -0.478 e. The number of carbonyl (C=O) groups is 2. The van der Waals surface area contributed by atoms with Crippen molar-refractivity contribution in [3.63, 3.8) is 0 Å². The largest absolute Gasteiger partial charge is 0.490 e. The molecular formula is C32H28F3N5O5. The minimum atomic E-state index is -5.08. The molecule has 13 heteroatoms. The molecule has 0 spiro atoms. The van der Waals surface area contributed by atoms with Crippen molar-refractivity contribution in [3.05, 3.63) is 90.0 Å². The van der Waals surface area contributed by atoms with Crippen molar-refractivity contribution in [3.8, 4) is 11.3 Å². The van der Waals surface area contributed by atoms with Gasteiger partial charge in [0, 0.05) is 47.8 Å². The van der Waals surface area contributed by atoms with Crippen LogP contribution in [-0.4, -0.2) is 74.0 Å². The number of halogens is 3. The fourth-order valence-corrected chi connectivity index (χ4v) is 5.58. The number of para-hydroxylation sites is 1. The predicted octanol–water partition coefficient (Wildman–Crippen LogP) is 5.77. The molecule has 1 saturated heterocycles. The monoisotopic (exact) mass is 619 g/mol. The molecular weight excluding hydrogens is 591 g/mol. The summed E-state index contributed by atoms with van der Waals surface area (Å²) >= 11 is 0. The Bertz CT molecular complexity index is 1860. The first-order chi connectivity index (χ1) is 21.6. The second-order valence-electron chi connectivity index (χ2n) is 10.9. The average molecular weight is 620 g/mol. The number of carboxylic acids is 2. The summed E-state index contributed by atoms with van der Waals surface area (Å²) in [5.74, 6) is -2.06. The normalized spacial score (nSPS) is 18.2. The van der Waals surface area contributed by atoms with Crippen molar-refractivity contribution >= 4 is 34.3 Å². The van der Waals surface area contributed by atoms with Gasteiger partial charge in [0.2, 0.25) is 0 Å². The lowest BCUT2D eigenvalue weighted by Gasteiger charge is -2.34. The molecule has 0 atom stereocenters. The molecule has 1 saturated carbocycles. The van der Waals surface area contributed by atoms with E-state index in [2.05, 4.69) is 39.8 Å². The third-order valence-electron chi connectivity index (χ3n) is 8.07. The summed E-state index contributed by atoms with van der Waals surface area (Å²) in [7, 11) is 0. The molecule has 10 nitrogen and oxygen atoms in total. The van der Waals surface area contributed by atoms with Gasteiger partial charge in [0.1, 0.15) is 0 Å². The van der Waals surface area contributed by atoms with Crippen LogP contribution in [0.25, 0.3) is 27.8 Å². The summed E-state index contributed by atoms with van der Waals surface area (Å²) < 4.78 is 39.4. The van der Waals surface area contributed by atoms with Crippen molar-refractivity contribution in [2.75, 3.05) is 31.2 Å². The van der Waals surface area contributed by atoms with Gasteiger partial charge < -0.3 is 19.8 Å². The molecule has 45 heavy (non-hydrogen) atoms. The minimum absolute atomic E-state index is 0.261. The standard InChI is InChI=1S/C30H27N5O3.C2HF3O2/c36-30(37)21-7-5-20(6-8-21)27-17-31-28(34-11-13-38-14-12-34)29-33-26(18-35(27)29)23-15-22(16-23)25-10-9-19-3-1-2-4-24(19)32-25;3-2(4,5)1(6)7/h1-10,17-18,22-23H,11-16H2,(H,36,37);(H,6,7). The number of carboxylic acid groups (broad SMARTS) is 2. The summed E-state index contributed by atoms with van der Waals surface area (Å²) in [6, 6.07) is 19.5. The van der Waals surface area contributed by atoms with E-state index in [-0.39, 0.29) is 5.56 Å². The van der Waals surface area contributed by atoms with Gasteiger partial charge in [-0.05, 0) is 37.1 Å². The molecule has 2 fully saturated rings. The molecule has 2 N–H and O–H groups in total. The Morgan fingerprint density at radius 2 is 1.53 bits per heavy atom. The summed E-state index contributed by atoms with van der Waals surface area (Å²) in [6.07, 6.45) is 0.939. The molecule has 0 unspecified atom stereocenters. The van der Waals surface area contributed by atoms with Crippen molar-refractivity contribution in [2.45, 2.75) is 30.9 Å². The van der Waals surface area contributed by atoms with Crippen LogP contribution < -0.4 is 4.90 Å². The van der Waals surface area contributed by atoms with Crippen LogP contribution in [0, 0.1) is 0 Å². The fourth-order valence-electron chi connectivity index (χ4n) is 5.58. The third kappa shape index (κ3) is 6.29. The number of morpholine rings is 1. The zero-order valence-electron chi connectivity index (χ0n) is 23.8. The number of aliphatic carboxylic acids is 1. The number of aromatic nitrogens is 4. The number of alkyl halides is 3. The molecule has 232 valence electrons. The lowest BCUT2D eigenvalue weighted by Crippen LogP contribution is -2.37. The summed E-state index contributed by atoms with van der Waals surface area (Å²) in [6.45, 7) is 2.89. The van der Waals surface area contributed by atoms with Crippen molar-refractivity contribution in [2.24, 2.45) is 0 Å². The van der Waals surface area contributed by atoms with Crippen LogP contribution in [0.4, 0.5) is 19.0 Å². The number of hydrogen-bond acceptors (Lipinski definition) is 7. The van der Waals surface area contributed by atoms with Crippen LogP contribution >= 0.6 is 0 Å². The number of anilines is 1. The van der Waals surface area contributed by atoms with E-state index in [9.17, 15) is 23.1 Å². The molecule has 2 aromatic carbocycles. The number of pyridine rings is 1. The number of hydrogen-bond donors (Lipinski definition) is 2. The second-order valence-corrected chi connectivity index (χ2v) is 10.9.